The quantitative estimate of drug-likeness (QED) is 0.699. The fourth-order valence-corrected chi connectivity index (χ4v) is 3.26. The van der Waals surface area contributed by atoms with Crippen LogP contribution in [0.4, 0.5) is 5.69 Å². The van der Waals surface area contributed by atoms with Crippen molar-refractivity contribution >= 4 is 40.4 Å². The molecule has 0 unspecified atom stereocenters. The van der Waals surface area contributed by atoms with Crippen LogP contribution in [0.3, 0.4) is 0 Å². The van der Waals surface area contributed by atoms with Gasteiger partial charge in [0, 0.05) is 34.3 Å². The summed E-state index contributed by atoms with van der Waals surface area (Å²) in [5, 5.41) is 8.48. The van der Waals surface area contributed by atoms with E-state index in [1.807, 2.05) is 19.1 Å². The van der Waals surface area contributed by atoms with Crippen LogP contribution in [-0.2, 0) is 0 Å². The Morgan fingerprint density at radius 3 is 2.50 bits per heavy atom. The topological polar surface area (TPSA) is 71.1 Å². The molecule has 0 saturated heterocycles. The van der Waals surface area contributed by atoms with Crippen molar-refractivity contribution in [2.75, 3.05) is 12.4 Å². The Bertz CT molecular complexity index is 967. The Labute approximate surface area is 160 Å². The Morgan fingerprint density at radius 1 is 1.08 bits per heavy atom. The number of aryl methyl sites for hydroxylation is 1. The van der Waals surface area contributed by atoms with Gasteiger partial charge in [0.05, 0.1) is 0 Å². The van der Waals surface area contributed by atoms with Gasteiger partial charge in [-0.05, 0) is 36.8 Å². The van der Waals surface area contributed by atoms with E-state index < -0.39 is 0 Å². The third-order valence-corrected chi connectivity index (χ3v) is 4.95. The lowest BCUT2D eigenvalue weighted by Crippen LogP contribution is -2.19. The van der Waals surface area contributed by atoms with Crippen molar-refractivity contribution < 1.29 is 9.59 Å². The predicted octanol–water partition coefficient (Wildman–Crippen LogP) is 4.38. The second kappa shape index (κ2) is 7.68. The minimum absolute atomic E-state index is 0.209. The molecule has 0 aliphatic rings. The number of carbonyl (C=O) groups is 2. The summed E-state index contributed by atoms with van der Waals surface area (Å²) >= 11 is 7.28. The number of hydrogen-bond acceptors (Lipinski definition) is 4. The summed E-state index contributed by atoms with van der Waals surface area (Å²) in [6.07, 6.45) is 0. The highest BCUT2D eigenvalue weighted by molar-refractivity contribution is 7.13. The van der Waals surface area contributed by atoms with E-state index in [9.17, 15) is 9.59 Å². The molecule has 1 aromatic heterocycles. The van der Waals surface area contributed by atoms with Crippen LogP contribution in [0.1, 0.15) is 26.4 Å². The molecule has 0 aliphatic heterocycles. The third kappa shape index (κ3) is 3.92. The SMILES string of the molecule is CNC(=O)c1ccc(C)c(NC(=O)c2csc(-c3ccc(Cl)cc3)n2)c1. The first-order valence-electron chi connectivity index (χ1n) is 7.83. The highest BCUT2D eigenvalue weighted by Gasteiger charge is 2.14. The van der Waals surface area contributed by atoms with Gasteiger partial charge in [-0.25, -0.2) is 4.98 Å². The number of nitrogens with one attached hydrogen (secondary N) is 2. The molecule has 26 heavy (non-hydrogen) atoms. The zero-order valence-electron chi connectivity index (χ0n) is 14.2. The van der Waals surface area contributed by atoms with Gasteiger partial charge in [-0.3, -0.25) is 9.59 Å². The lowest BCUT2D eigenvalue weighted by atomic mass is 10.1. The van der Waals surface area contributed by atoms with Crippen LogP contribution in [0.25, 0.3) is 10.6 Å². The maximum absolute atomic E-state index is 12.5. The van der Waals surface area contributed by atoms with Crippen LogP contribution in [0.2, 0.25) is 5.02 Å². The van der Waals surface area contributed by atoms with E-state index in [1.165, 1.54) is 11.3 Å². The average Bonchev–Trinajstić information content (AvgIpc) is 3.13. The van der Waals surface area contributed by atoms with Crippen molar-refractivity contribution in [3.05, 3.63) is 69.7 Å². The zero-order chi connectivity index (χ0) is 18.7. The highest BCUT2D eigenvalue weighted by atomic mass is 35.5. The van der Waals surface area contributed by atoms with Gasteiger partial charge < -0.3 is 10.6 Å². The van der Waals surface area contributed by atoms with Gasteiger partial charge in [-0.1, -0.05) is 29.8 Å². The first kappa shape index (κ1) is 18.1. The molecule has 0 bridgehead atoms. The first-order valence-corrected chi connectivity index (χ1v) is 9.09. The largest absolute Gasteiger partial charge is 0.355 e. The standard InChI is InChI=1S/C19H16ClN3O2S/c1-11-3-4-13(17(24)21-2)9-15(11)22-18(25)16-10-26-19(23-16)12-5-7-14(20)8-6-12/h3-10H,1-2H3,(H,21,24)(H,22,25). The number of hydrogen-bond donors (Lipinski definition) is 2. The summed E-state index contributed by atoms with van der Waals surface area (Å²) in [7, 11) is 1.56. The maximum atomic E-state index is 12.5. The van der Waals surface area contributed by atoms with Crippen molar-refractivity contribution in [1.82, 2.24) is 10.3 Å². The molecule has 3 rings (SSSR count). The van der Waals surface area contributed by atoms with Gasteiger partial charge in [0.2, 0.25) is 0 Å². The third-order valence-electron chi connectivity index (χ3n) is 3.80. The van der Waals surface area contributed by atoms with E-state index in [-0.39, 0.29) is 11.8 Å². The van der Waals surface area contributed by atoms with E-state index in [4.69, 9.17) is 11.6 Å². The second-order valence-electron chi connectivity index (χ2n) is 5.61. The van der Waals surface area contributed by atoms with Gasteiger partial charge in [0.1, 0.15) is 10.7 Å². The van der Waals surface area contributed by atoms with Crippen LogP contribution in [-0.4, -0.2) is 23.8 Å². The molecule has 132 valence electrons. The average molecular weight is 386 g/mol. The van der Waals surface area contributed by atoms with E-state index >= 15 is 0 Å². The summed E-state index contributed by atoms with van der Waals surface area (Å²) in [6, 6.07) is 12.4. The molecular weight excluding hydrogens is 370 g/mol. The molecule has 3 aromatic rings. The predicted molar refractivity (Wildman–Crippen MR) is 105 cm³/mol. The van der Waals surface area contributed by atoms with Gasteiger partial charge in [-0.2, -0.15) is 0 Å². The number of halogens is 1. The summed E-state index contributed by atoms with van der Waals surface area (Å²) < 4.78 is 0. The molecule has 0 saturated carbocycles. The normalized spacial score (nSPS) is 10.4. The summed E-state index contributed by atoms with van der Waals surface area (Å²) in [4.78, 5) is 28.7. The molecule has 0 atom stereocenters. The summed E-state index contributed by atoms with van der Waals surface area (Å²) in [5.74, 6) is -0.530. The van der Waals surface area contributed by atoms with E-state index in [0.29, 0.717) is 22.0 Å². The monoisotopic (exact) mass is 385 g/mol. The van der Waals surface area contributed by atoms with Crippen molar-refractivity contribution in [3.8, 4) is 10.6 Å². The fourth-order valence-electron chi connectivity index (χ4n) is 2.33. The molecule has 0 fully saturated rings. The van der Waals surface area contributed by atoms with Crippen molar-refractivity contribution in [2.24, 2.45) is 0 Å². The van der Waals surface area contributed by atoms with Crippen LogP contribution < -0.4 is 10.6 Å². The van der Waals surface area contributed by atoms with Crippen molar-refractivity contribution in [3.63, 3.8) is 0 Å². The van der Waals surface area contributed by atoms with Gasteiger partial charge in [0.25, 0.3) is 11.8 Å². The van der Waals surface area contributed by atoms with Crippen LogP contribution in [0, 0.1) is 6.92 Å². The molecule has 0 aliphatic carbocycles. The summed E-state index contributed by atoms with van der Waals surface area (Å²) in [5.41, 5.74) is 3.14. The lowest BCUT2D eigenvalue weighted by Gasteiger charge is -2.09. The zero-order valence-corrected chi connectivity index (χ0v) is 15.7. The number of rotatable bonds is 4. The molecule has 2 amide bonds. The highest BCUT2D eigenvalue weighted by Crippen LogP contribution is 2.26. The molecule has 2 N–H and O–H groups in total. The Balaban J connectivity index is 1.81. The van der Waals surface area contributed by atoms with Gasteiger partial charge >= 0.3 is 0 Å². The fraction of sp³-hybridized carbons (Fsp3) is 0.105. The number of nitrogens with zero attached hydrogens (tertiary/aromatic N) is 1. The molecule has 1 heterocycles. The number of amides is 2. The molecule has 5 nitrogen and oxygen atoms in total. The number of benzene rings is 2. The van der Waals surface area contributed by atoms with E-state index in [1.54, 1.807) is 42.8 Å². The summed E-state index contributed by atoms with van der Waals surface area (Å²) in [6.45, 7) is 1.86. The Hall–Kier alpha value is -2.70. The first-order chi connectivity index (χ1) is 12.5. The molecule has 0 radical (unpaired) electrons. The maximum Gasteiger partial charge on any atom is 0.275 e. The second-order valence-corrected chi connectivity index (χ2v) is 6.90. The number of thiazole rings is 1. The molecule has 0 spiro atoms. The Kier molecular flexibility index (Phi) is 5.35. The molecular formula is C19H16ClN3O2S. The lowest BCUT2D eigenvalue weighted by molar-refractivity contribution is 0.0961. The van der Waals surface area contributed by atoms with Crippen LogP contribution in [0.15, 0.2) is 47.8 Å². The minimum Gasteiger partial charge on any atom is -0.355 e. The van der Waals surface area contributed by atoms with Crippen molar-refractivity contribution in [1.29, 1.82) is 0 Å². The Morgan fingerprint density at radius 2 is 1.81 bits per heavy atom. The van der Waals surface area contributed by atoms with Crippen LogP contribution in [0.5, 0.6) is 0 Å². The smallest absolute Gasteiger partial charge is 0.275 e. The number of aromatic nitrogens is 1. The minimum atomic E-state index is -0.321. The molecule has 2 aromatic carbocycles. The van der Waals surface area contributed by atoms with Gasteiger partial charge in [0.15, 0.2) is 0 Å². The van der Waals surface area contributed by atoms with E-state index in [0.717, 1.165) is 16.1 Å². The van der Waals surface area contributed by atoms with Gasteiger partial charge in [-0.15, -0.1) is 11.3 Å². The van der Waals surface area contributed by atoms with Crippen molar-refractivity contribution in [2.45, 2.75) is 6.92 Å². The van der Waals surface area contributed by atoms with E-state index in [2.05, 4.69) is 15.6 Å². The number of anilines is 1. The van der Waals surface area contributed by atoms with Crippen LogP contribution >= 0.6 is 22.9 Å². The number of carbonyl (C=O) groups excluding carboxylic acids is 2. The molecule has 7 heteroatoms.